The van der Waals surface area contributed by atoms with Crippen LogP contribution in [0.1, 0.15) is 9.60 Å². The zero-order chi connectivity index (χ0) is 34.4. The number of furan rings is 1. The van der Waals surface area contributed by atoms with Gasteiger partial charge in [-0.25, -0.2) is 0 Å². The van der Waals surface area contributed by atoms with Crippen LogP contribution in [0.5, 0.6) is 0 Å². The predicted molar refractivity (Wildman–Crippen MR) is 183 cm³/mol. The molecule has 0 N–H and O–H groups in total. The second kappa shape index (κ2) is 9.44. The second-order valence-corrected chi connectivity index (χ2v) is 10.7. The molecule has 0 aliphatic carbocycles. The van der Waals surface area contributed by atoms with Crippen LogP contribution in [0, 0.1) is 0 Å². The Kier molecular flexibility index (Phi) is 3.95. The van der Waals surface area contributed by atoms with Crippen molar-refractivity contribution in [1.82, 2.24) is 0 Å². The summed E-state index contributed by atoms with van der Waals surface area (Å²) >= 11 is 0. The number of rotatable bonds is 3. The SMILES string of the molecule is [2H]c1c([2H])c([2H])c2c([2H])c(-c3c4ccccc4c(-c4ccc5oc6ccc(-c7ccccc7)cc6c5c4)c4ccccc34)c([2H])c([2H])c2c1[2H]. The van der Waals surface area contributed by atoms with Crippen molar-refractivity contribution in [3.05, 3.63) is 158 Å². The van der Waals surface area contributed by atoms with Gasteiger partial charge in [-0.3, -0.25) is 0 Å². The molecule has 0 aliphatic rings. The average molecular weight is 554 g/mol. The summed E-state index contributed by atoms with van der Waals surface area (Å²) in [5.41, 5.74) is 6.48. The summed E-state index contributed by atoms with van der Waals surface area (Å²) in [6, 6.07) is 35.8. The third-order valence-corrected chi connectivity index (χ3v) is 8.30. The molecule has 0 amide bonds. The Balaban J connectivity index is 1.36. The zero-order valence-corrected chi connectivity index (χ0v) is 22.9. The van der Waals surface area contributed by atoms with E-state index in [1.54, 1.807) is 0 Å². The van der Waals surface area contributed by atoms with Crippen LogP contribution < -0.4 is 0 Å². The highest BCUT2D eigenvalue weighted by Crippen LogP contribution is 2.45. The first kappa shape index (κ1) is 18.0. The second-order valence-electron chi connectivity index (χ2n) is 10.7. The van der Waals surface area contributed by atoms with Crippen LogP contribution in [0.3, 0.4) is 0 Å². The molecule has 0 saturated heterocycles. The number of hydrogen-bond donors (Lipinski definition) is 0. The molecular weight excluding hydrogens is 520 g/mol. The first-order valence-electron chi connectivity index (χ1n) is 17.7. The molecule has 1 heterocycles. The number of hydrogen-bond acceptors (Lipinski definition) is 1. The monoisotopic (exact) mass is 553 g/mol. The Bertz CT molecular complexity index is 2840. The van der Waals surface area contributed by atoms with Gasteiger partial charge in [-0.1, -0.05) is 127 Å². The van der Waals surface area contributed by atoms with Gasteiger partial charge in [0, 0.05) is 10.8 Å². The first-order valence-corrected chi connectivity index (χ1v) is 14.2. The van der Waals surface area contributed by atoms with E-state index in [-0.39, 0.29) is 40.5 Å². The fourth-order valence-corrected chi connectivity index (χ4v) is 6.36. The van der Waals surface area contributed by atoms with Crippen molar-refractivity contribution in [3.8, 4) is 33.4 Å². The Hall–Kier alpha value is -5.66. The van der Waals surface area contributed by atoms with Gasteiger partial charge in [-0.15, -0.1) is 0 Å². The van der Waals surface area contributed by atoms with Crippen molar-refractivity contribution in [3.63, 3.8) is 0 Å². The minimum absolute atomic E-state index is 0.0589. The van der Waals surface area contributed by atoms with Gasteiger partial charge in [-0.2, -0.15) is 0 Å². The molecule has 0 atom stereocenters. The summed E-state index contributed by atoms with van der Waals surface area (Å²) in [4.78, 5) is 0. The Labute approximate surface area is 259 Å². The molecular formula is C42H26O. The maximum atomic E-state index is 9.35. The molecule has 9 rings (SSSR count). The zero-order valence-electron chi connectivity index (χ0n) is 29.9. The van der Waals surface area contributed by atoms with Gasteiger partial charge < -0.3 is 4.42 Å². The molecule has 0 saturated carbocycles. The molecule has 0 fully saturated rings. The summed E-state index contributed by atoms with van der Waals surface area (Å²) in [6.45, 7) is 0. The van der Waals surface area contributed by atoms with Crippen LogP contribution in [0.25, 0.3) is 87.6 Å². The molecule has 0 bridgehead atoms. The average Bonchev–Trinajstić information content (AvgIpc) is 3.52. The Morgan fingerprint density at radius 2 is 0.930 bits per heavy atom. The first-order chi connectivity index (χ1) is 24.2. The maximum absolute atomic E-state index is 9.35. The van der Waals surface area contributed by atoms with Crippen LogP contribution in [0.2, 0.25) is 0 Å². The van der Waals surface area contributed by atoms with Crippen molar-refractivity contribution in [2.75, 3.05) is 0 Å². The van der Waals surface area contributed by atoms with E-state index in [2.05, 4.69) is 36.4 Å². The van der Waals surface area contributed by atoms with Crippen LogP contribution in [-0.4, -0.2) is 0 Å². The molecule has 1 aromatic heterocycles. The summed E-state index contributed by atoms with van der Waals surface area (Å²) < 4.78 is 67.4. The molecule has 0 unspecified atom stereocenters. The van der Waals surface area contributed by atoms with Crippen molar-refractivity contribution >= 4 is 54.3 Å². The highest BCUT2D eigenvalue weighted by molar-refractivity contribution is 6.22. The maximum Gasteiger partial charge on any atom is 0.135 e. The quantitative estimate of drug-likeness (QED) is 0.198. The minimum Gasteiger partial charge on any atom is -0.456 e. The number of benzene rings is 8. The topological polar surface area (TPSA) is 13.1 Å². The standard InChI is InChI=1S/C42H26O/c1-2-10-27(11-3-1)30-20-22-39-37(25-30)38-26-32(21-23-40(38)43-39)42-35-16-8-6-14-33(35)41(34-15-7-9-17-36(34)42)31-19-18-28-12-4-5-13-29(28)24-31/h1-26H/i4D,5D,12D,13D,18D,19D,24D. The molecule has 43 heavy (non-hydrogen) atoms. The van der Waals surface area contributed by atoms with Crippen LogP contribution in [0.15, 0.2) is 162 Å². The van der Waals surface area contributed by atoms with Gasteiger partial charge >= 0.3 is 0 Å². The van der Waals surface area contributed by atoms with E-state index in [1.807, 2.05) is 78.9 Å². The lowest BCUT2D eigenvalue weighted by Gasteiger charge is -2.18. The Morgan fingerprint density at radius 3 is 1.58 bits per heavy atom. The van der Waals surface area contributed by atoms with Gasteiger partial charge in [0.1, 0.15) is 11.2 Å². The van der Waals surface area contributed by atoms with E-state index in [0.29, 0.717) is 5.56 Å². The van der Waals surface area contributed by atoms with Gasteiger partial charge in [-0.05, 0) is 96.0 Å². The molecule has 9 aromatic rings. The highest BCUT2D eigenvalue weighted by Gasteiger charge is 2.18. The van der Waals surface area contributed by atoms with Crippen molar-refractivity contribution in [2.24, 2.45) is 0 Å². The van der Waals surface area contributed by atoms with Gasteiger partial charge in [0.05, 0.1) is 9.60 Å². The fourth-order valence-electron chi connectivity index (χ4n) is 6.36. The fraction of sp³-hybridized carbons (Fsp3) is 0. The van der Waals surface area contributed by atoms with Crippen LogP contribution in [0.4, 0.5) is 0 Å². The molecule has 200 valence electrons. The summed E-state index contributed by atoms with van der Waals surface area (Å²) in [5, 5.41) is 5.13. The van der Waals surface area contributed by atoms with Crippen molar-refractivity contribution in [1.29, 1.82) is 0 Å². The lowest BCUT2D eigenvalue weighted by atomic mass is 9.85. The summed E-state index contributed by atoms with van der Waals surface area (Å²) in [6.07, 6.45) is 0. The van der Waals surface area contributed by atoms with E-state index >= 15 is 0 Å². The van der Waals surface area contributed by atoms with E-state index in [9.17, 15) is 2.74 Å². The molecule has 8 aromatic carbocycles. The molecule has 0 radical (unpaired) electrons. The third kappa shape index (κ3) is 3.79. The Morgan fingerprint density at radius 1 is 0.395 bits per heavy atom. The minimum atomic E-state index is -0.485. The van der Waals surface area contributed by atoms with E-state index in [0.717, 1.165) is 65.7 Å². The largest absolute Gasteiger partial charge is 0.456 e. The van der Waals surface area contributed by atoms with E-state index in [4.69, 9.17) is 11.3 Å². The molecule has 1 heteroatoms. The summed E-state index contributed by atoms with van der Waals surface area (Å²) in [7, 11) is 0. The van der Waals surface area contributed by atoms with Gasteiger partial charge in [0.15, 0.2) is 0 Å². The number of fused-ring (bicyclic) bond motifs is 6. The smallest absolute Gasteiger partial charge is 0.135 e. The van der Waals surface area contributed by atoms with Gasteiger partial charge in [0.25, 0.3) is 0 Å². The normalized spacial score (nSPS) is 14.0. The molecule has 0 spiro atoms. The summed E-state index contributed by atoms with van der Waals surface area (Å²) in [5.74, 6) is 0. The van der Waals surface area contributed by atoms with Gasteiger partial charge in [0.2, 0.25) is 0 Å². The molecule has 1 nitrogen and oxygen atoms in total. The van der Waals surface area contributed by atoms with Crippen molar-refractivity contribution < 1.29 is 14.0 Å². The lowest BCUT2D eigenvalue weighted by Crippen LogP contribution is -1.91. The lowest BCUT2D eigenvalue weighted by molar-refractivity contribution is 0.669. The van der Waals surface area contributed by atoms with Crippen LogP contribution >= 0.6 is 0 Å². The van der Waals surface area contributed by atoms with Crippen molar-refractivity contribution in [2.45, 2.75) is 0 Å². The third-order valence-electron chi connectivity index (χ3n) is 8.30. The predicted octanol–water partition coefficient (Wildman–Crippen LogP) is 12.0. The highest BCUT2D eigenvalue weighted by atomic mass is 16.3. The molecule has 0 aliphatic heterocycles. The van der Waals surface area contributed by atoms with E-state index in [1.165, 1.54) is 0 Å². The van der Waals surface area contributed by atoms with E-state index < -0.39 is 18.1 Å². The van der Waals surface area contributed by atoms with Crippen LogP contribution in [-0.2, 0) is 0 Å².